The molecule has 0 aliphatic carbocycles. The summed E-state index contributed by atoms with van der Waals surface area (Å²) in [6, 6.07) is 9.51. The summed E-state index contributed by atoms with van der Waals surface area (Å²) in [5.41, 5.74) is 1.61. The lowest BCUT2D eigenvalue weighted by Gasteiger charge is -2.20. The predicted molar refractivity (Wildman–Crippen MR) is 71.3 cm³/mol. The first-order valence-electron chi connectivity index (χ1n) is 5.95. The van der Waals surface area contributed by atoms with Gasteiger partial charge in [-0.15, -0.1) is 11.3 Å². The number of thiophene rings is 1. The van der Waals surface area contributed by atoms with Gasteiger partial charge in [0, 0.05) is 22.2 Å². The lowest BCUT2D eigenvalue weighted by atomic mass is 10.1. The van der Waals surface area contributed by atoms with E-state index in [9.17, 15) is 0 Å². The Labute approximate surface area is 101 Å². The third-order valence-corrected chi connectivity index (χ3v) is 4.97. The van der Waals surface area contributed by atoms with Crippen LogP contribution in [0.5, 0.6) is 0 Å². The molecule has 1 aromatic heterocycles. The van der Waals surface area contributed by atoms with Gasteiger partial charge in [-0.3, -0.25) is 0 Å². The maximum atomic E-state index is 2.47. The molecule has 1 aliphatic heterocycles. The van der Waals surface area contributed by atoms with Gasteiger partial charge >= 0.3 is 0 Å². The largest absolute Gasteiger partial charge is 0.303 e. The quantitative estimate of drug-likeness (QED) is 0.672. The Kier molecular flexibility index (Phi) is 2.49. The van der Waals surface area contributed by atoms with Crippen molar-refractivity contribution in [1.82, 2.24) is 4.90 Å². The van der Waals surface area contributed by atoms with Gasteiger partial charge in [0.15, 0.2) is 0 Å². The fourth-order valence-corrected chi connectivity index (χ4v) is 3.89. The van der Waals surface area contributed by atoms with Crippen molar-refractivity contribution in [3.63, 3.8) is 0 Å². The lowest BCUT2D eigenvalue weighted by molar-refractivity contribution is 0.268. The van der Waals surface area contributed by atoms with E-state index in [1.54, 1.807) is 10.4 Å². The number of hydrogen-bond acceptors (Lipinski definition) is 2. The molecule has 1 aliphatic rings. The van der Waals surface area contributed by atoms with Crippen molar-refractivity contribution < 1.29 is 0 Å². The zero-order chi connectivity index (χ0) is 11.1. The standard InChI is InChI=1S/C14H17NS/c1-10-9-14-12(7-8-15(10)2)11-5-3-4-6-13(11)16-14/h3-6,10H,7-9H2,1-2H3. The van der Waals surface area contributed by atoms with Crippen LogP contribution in [0.15, 0.2) is 24.3 Å². The molecule has 84 valence electrons. The maximum absolute atomic E-state index is 2.47. The Morgan fingerprint density at radius 1 is 1.31 bits per heavy atom. The fourth-order valence-electron chi connectivity index (χ4n) is 2.52. The molecule has 0 radical (unpaired) electrons. The van der Waals surface area contributed by atoms with Crippen LogP contribution in [0.25, 0.3) is 10.1 Å². The van der Waals surface area contributed by atoms with Gasteiger partial charge in [0.2, 0.25) is 0 Å². The first-order chi connectivity index (χ1) is 7.75. The summed E-state index contributed by atoms with van der Waals surface area (Å²) >= 11 is 1.99. The molecule has 3 rings (SSSR count). The Morgan fingerprint density at radius 3 is 3.00 bits per heavy atom. The molecule has 0 spiro atoms. The van der Waals surface area contributed by atoms with Gasteiger partial charge in [-0.25, -0.2) is 0 Å². The Hall–Kier alpha value is -0.860. The summed E-state index contributed by atoms with van der Waals surface area (Å²) in [6.07, 6.45) is 2.42. The molecular weight excluding hydrogens is 214 g/mol. The van der Waals surface area contributed by atoms with Crippen molar-refractivity contribution in [2.45, 2.75) is 25.8 Å². The van der Waals surface area contributed by atoms with Gasteiger partial charge in [-0.05, 0) is 43.8 Å². The van der Waals surface area contributed by atoms with Gasteiger partial charge in [0.25, 0.3) is 0 Å². The molecule has 16 heavy (non-hydrogen) atoms. The summed E-state index contributed by atoms with van der Waals surface area (Å²) in [5, 5.41) is 1.49. The molecule has 0 saturated carbocycles. The van der Waals surface area contributed by atoms with E-state index in [4.69, 9.17) is 0 Å². The van der Waals surface area contributed by atoms with Crippen LogP contribution in [0, 0.1) is 0 Å². The Bertz CT molecular complexity index is 514. The van der Waals surface area contributed by atoms with Crippen molar-refractivity contribution >= 4 is 21.4 Å². The van der Waals surface area contributed by atoms with Gasteiger partial charge < -0.3 is 4.90 Å². The van der Waals surface area contributed by atoms with E-state index in [2.05, 4.69) is 43.1 Å². The summed E-state index contributed by atoms with van der Waals surface area (Å²) < 4.78 is 1.46. The molecule has 0 N–H and O–H groups in total. The Morgan fingerprint density at radius 2 is 2.12 bits per heavy atom. The van der Waals surface area contributed by atoms with E-state index in [1.807, 2.05) is 11.3 Å². The van der Waals surface area contributed by atoms with Crippen molar-refractivity contribution in [3.05, 3.63) is 34.7 Å². The van der Waals surface area contributed by atoms with Crippen LogP contribution in [-0.2, 0) is 12.8 Å². The van der Waals surface area contributed by atoms with Crippen LogP contribution in [0.3, 0.4) is 0 Å². The molecule has 0 amide bonds. The van der Waals surface area contributed by atoms with Crippen LogP contribution >= 0.6 is 11.3 Å². The second kappa shape index (κ2) is 3.86. The highest BCUT2D eigenvalue weighted by molar-refractivity contribution is 7.19. The number of hydrogen-bond donors (Lipinski definition) is 0. The number of nitrogens with zero attached hydrogens (tertiary/aromatic N) is 1. The van der Waals surface area contributed by atoms with Gasteiger partial charge in [0.05, 0.1) is 0 Å². The van der Waals surface area contributed by atoms with E-state index in [-0.39, 0.29) is 0 Å². The van der Waals surface area contributed by atoms with Crippen LogP contribution in [-0.4, -0.2) is 24.5 Å². The molecule has 1 aromatic carbocycles. The highest BCUT2D eigenvalue weighted by Gasteiger charge is 2.20. The summed E-state index contributed by atoms with van der Waals surface area (Å²) in [6.45, 7) is 3.52. The first-order valence-corrected chi connectivity index (χ1v) is 6.77. The minimum atomic E-state index is 0.675. The molecule has 0 fully saturated rings. The summed E-state index contributed by atoms with van der Waals surface area (Å²) in [7, 11) is 2.24. The molecule has 1 unspecified atom stereocenters. The molecule has 2 heteroatoms. The molecule has 0 saturated heterocycles. The van der Waals surface area contributed by atoms with Gasteiger partial charge in [0.1, 0.15) is 0 Å². The molecule has 2 heterocycles. The number of benzene rings is 1. The van der Waals surface area contributed by atoms with Crippen LogP contribution in [0.1, 0.15) is 17.4 Å². The van der Waals surface area contributed by atoms with Crippen molar-refractivity contribution in [2.75, 3.05) is 13.6 Å². The predicted octanol–water partition coefficient (Wildman–Crippen LogP) is 3.32. The number of fused-ring (bicyclic) bond motifs is 3. The minimum Gasteiger partial charge on any atom is -0.303 e. The topological polar surface area (TPSA) is 3.24 Å². The third-order valence-electron chi connectivity index (χ3n) is 3.73. The minimum absolute atomic E-state index is 0.675. The van der Waals surface area contributed by atoms with E-state index < -0.39 is 0 Å². The van der Waals surface area contributed by atoms with E-state index in [0.29, 0.717) is 6.04 Å². The van der Waals surface area contributed by atoms with E-state index >= 15 is 0 Å². The fraction of sp³-hybridized carbons (Fsp3) is 0.429. The van der Waals surface area contributed by atoms with Crippen LogP contribution in [0.4, 0.5) is 0 Å². The highest BCUT2D eigenvalue weighted by atomic mass is 32.1. The third kappa shape index (κ3) is 1.57. The summed E-state index contributed by atoms with van der Waals surface area (Å²) in [5.74, 6) is 0. The second-order valence-corrected chi connectivity index (χ2v) is 5.92. The maximum Gasteiger partial charge on any atom is 0.0348 e. The number of rotatable bonds is 0. The van der Waals surface area contributed by atoms with Crippen molar-refractivity contribution in [3.8, 4) is 0 Å². The molecule has 2 aromatic rings. The molecule has 1 nitrogen and oxygen atoms in total. The SMILES string of the molecule is CC1Cc2sc3ccccc3c2CCN1C. The average Bonchev–Trinajstić information content (AvgIpc) is 2.56. The van der Waals surface area contributed by atoms with Crippen LogP contribution < -0.4 is 0 Å². The zero-order valence-electron chi connectivity index (χ0n) is 9.86. The lowest BCUT2D eigenvalue weighted by Crippen LogP contribution is -2.30. The molecule has 1 atom stereocenters. The van der Waals surface area contributed by atoms with E-state index in [1.165, 1.54) is 29.5 Å². The highest BCUT2D eigenvalue weighted by Crippen LogP contribution is 2.34. The van der Waals surface area contributed by atoms with Gasteiger partial charge in [-0.2, -0.15) is 0 Å². The Balaban J connectivity index is 2.14. The normalized spacial score (nSPS) is 22.0. The van der Waals surface area contributed by atoms with Crippen molar-refractivity contribution in [1.29, 1.82) is 0 Å². The van der Waals surface area contributed by atoms with Crippen LogP contribution in [0.2, 0.25) is 0 Å². The number of likely N-dealkylation sites (N-methyl/N-ethyl adjacent to an activating group) is 1. The zero-order valence-corrected chi connectivity index (χ0v) is 10.7. The molecule has 0 bridgehead atoms. The molecular formula is C14H17NS. The van der Waals surface area contributed by atoms with E-state index in [0.717, 1.165) is 0 Å². The monoisotopic (exact) mass is 231 g/mol. The average molecular weight is 231 g/mol. The van der Waals surface area contributed by atoms with Crippen molar-refractivity contribution in [2.24, 2.45) is 0 Å². The summed E-state index contributed by atoms with van der Waals surface area (Å²) in [4.78, 5) is 4.08. The first kappa shape index (κ1) is 10.3. The van der Waals surface area contributed by atoms with Gasteiger partial charge in [-0.1, -0.05) is 18.2 Å². The second-order valence-electron chi connectivity index (χ2n) is 4.78. The smallest absolute Gasteiger partial charge is 0.0348 e.